The molecular weight excluding hydrogens is 380 g/mol. The van der Waals surface area contributed by atoms with E-state index in [1.807, 2.05) is 56.3 Å². The molecule has 148 valence electrons. The Bertz CT molecular complexity index is 1060. The van der Waals surface area contributed by atoms with E-state index < -0.39 is 0 Å². The summed E-state index contributed by atoms with van der Waals surface area (Å²) in [6.07, 6.45) is 2.12. The van der Waals surface area contributed by atoms with Crippen molar-refractivity contribution >= 4 is 34.4 Å². The molecular formula is C23H24N4OS. The molecule has 0 spiro atoms. The summed E-state index contributed by atoms with van der Waals surface area (Å²) in [6.45, 7) is 8.86. The molecule has 0 saturated carbocycles. The first-order valence-corrected chi connectivity index (χ1v) is 10.5. The first kappa shape index (κ1) is 20.7. The quantitative estimate of drug-likeness (QED) is 0.397. The summed E-state index contributed by atoms with van der Waals surface area (Å²) in [4.78, 5) is 19.5. The van der Waals surface area contributed by atoms with Crippen molar-refractivity contribution in [2.45, 2.75) is 32.0 Å². The second kappa shape index (κ2) is 9.44. The third-order valence-electron chi connectivity index (χ3n) is 4.52. The van der Waals surface area contributed by atoms with Crippen LogP contribution >= 0.6 is 11.8 Å². The first-order chi connectivity index (χ1) is 14.0. The van der Waals surface area contributed by atoms with Gasteiger partial charge in [-0.25, -0.2) is 4.98 Å². The third kappa shape index (κ3) is 4.87. The summed E-state index contributed by atoms with van der Waals surface area (Å²) in [5, 5.41) is 9.81. The van der Waals surface area contributed by atoms with Gasteiger partial charge in [0, 0.05) is 18.8 Å². The highest BCUT2D eigenvalue weighted by molar-refractivity contribution is 7.99. The van der Waals surface area contributed by atoms with Crippen molar-refractivity contribution < 1.29 is 4.79 Å². The molecule has 0 saturated heterocycles. The van der Waals surface area contributed by atoms with Gasteiger partial charge in [0.15, 0.2) is 5.16 Å². The monoisotopic (exact) mass is 404 g/mol. The second-order valence-corrected chi connectivity index (χ2v) is 7.81. The van der Waals surface area contributed by atoms with Crippen LogP contribution in [0.2, 0.25) is 0 Å². The summed E-state index contributed by atoms with van der Waals surface area (Å²) in [7, 11) is 0. The maximum absolute atomic E-state index is 13.1. The normalized spacial score (nSPS) is 10.7. The van der Waals surface area contributed by atoms with Crippen LogP contribution in [-0.4, -0.2) is 27.8 Å². The first-order valence-electron chi connectivity index (χ1n) is 9.48. The number of thioether (sulfide) groups is 1. The molecule has 0 fully saturated rings. The Balaban J connectivity index is 1.83. The molecule has 29 heavy (non-hydrogen) atoms. The van der Waals surface area contributed by atoms with E-state index in [0.717, 1.165) is 33.0 Å². The highest BCUT2D eigenvalue weighted by Crippen LogP contribution is 2.26. The van der Waals surface area contributed by atoms with E-state index in [-0.39, 0.29) is 11.7 Å². The Morgan fingerprint density at radius 2 is 2.00 bits per heavy atom. The number of anilines is 1. The Labute approximate surface area is 175 Å². The smallest absolute Gasteiger partial charge is 0.237 e. The van der Waals surface area contributed by atoms with Crippen molar-refractivity contribution in [1.29, 1.82) is 5.26 Å². The van der Waals surface area contributed by atoms with Crippen molar-refractivity contribution in [3.8, 4) is 6.07 Å². The van der Waals surface area contributed by atoms with Gasteiger partial charge in [-0.3, -0.25) is 4.79 Å². The van der Waals surface area contributed by atoms with E-state index in [2.05, 4.69) is 28.3 Å². The fraction of sp³-hybridized carbons (Fsp3) is 0.261. The van der Waals surface area contributed by atoms with Crippen LogP contribution in [-0.2, 0) is 11.3 Å². The molecule has 6 heteroatoms. The Kier molecular flexibility index (Phi) is 6.73. The van der Waals surface area contributed by atoms with Crippen LogP contribution in [0.15, 0.2) is 60.3 Å². The number of nitrogens with zero attached hydrogens (tertiary/aromatic N) is 4. The van der Waals surface area contributed by atoms with Crippen molar-refractivity contribution in [2.75, 3.05) is 17.2 Å². The minimum Gasteiger partial charge on any atom is -0.315 e. The van der Waals surface area contributed by atoms with Gasteiger partial charge in [0.2, 0.25) is 5.91 Å². The number of hydrogen-bond acceptors (Lipinski definition) is 4. The predicted octanol–water partition coefficient (Wildman–Crippen LogP) is 4.88. The Hall–Kier alpha value is -3.04. The lowest BCUT2D eigenvalue weighted by Gasteiger charge is -2.22. The van der Waals surface area contributed by atoms with Crippen LogP contribution < -0.4 is 4.90 Å². The minimum atomic E-state index is -0.0348. The van der Waals surface area contributed by atoms with Crippen molar-refractivity contribution in [3.63, 3.8) is 0 Å². The summed E-state index contributed by atoms with van der Waals surface area (Å²) >= 11 is 1.42. The zero-order valence-electron chi connectivity index (χ0n) is 16.8. The molecule has 0 aliphatic carbocycles. The number of benzene rings is 2. The molecule has 3 aromatic rings. The van der Waals surface area contributed by atoms with Crippen molar-refractivity contribution in [3.05, 3.63) is 66.2 Å². The minimum absolute atomic E-state index is 0.0348. The Morgan fingerprint density at radius 3 is 2.69 bits per heavy atom. The maximum atomic E-state index is 13.1. The zero-order chi connectivity index (χ0) is 20.8. The summed E-state index contributed by atoms with van der Waals surface area (Å²) in [5.74, 6) is 0.214. The highest BCUT2D eigenvalue weighted by Gasteiger charge is 2.18. The number of allylic oxidation sites excluding steroid dienone is 1. The predicted molar refractivity (Wildman–Crippen MR) is 119 cm³/mol. The highest BCUT2D eigenvalue weighted by atomic mass is 32.2. The largest absolute Gasteiger partial charge is 0.315 e. The lowest BCUT2D eigenvalue weighted by molar-refractivity contribution is -0.116. The van der Waals surface area contributed by atoms with Gasteiger partial charge in [-0.1, -0.05) is 36.0 Å². The van der Waals surface area contributed by atoms with Gasteiger partial charge >= 0.3 is 0 Å². The van der Waals surface area contributed by atoms with E-state index >= 15 is 0 Å². The number of carbonyl (C=O) groups is 1. The average molecular weight is 405 g/mol. The SMILES string of the molecule is C=CCn1c(SCC(=O)N(CCC#N)c2cc(C)cc(C)c2)nc2ccccc21. The third-order valence-corrected chi connectivity index (χ3v) is 5.48. The van der Waals surface area contributed by atoms with Gasteiger partial charge in [0.25, 0.3) is 0 Å². The lowest BCUT2D eigenvalue weighted by atomic mass is 10.1. The molecule has 0 atom stereocenters. The van der Waals surface area contributed by atoms with Gasteiger partial charge < -0.3 is 9.47 Å². The van der Waals surface area contributed by atoms with Crippen LogP contribution in [0, 0.1) is 25.2 Å². The second-order valence-electron chi connectivity index (χ2n) is 6.87. The fourth-order valence-electron chi connectivity index (χ4n) is 3.34. The number of imidazole rings is 1. The van der Waals surface area contributed by atoms with Gasteiger partial charge in [0.1, 0.15) is 0 Å². The molecule has 0 aliphatic heterocycles. The lowest BCUT2D eigenvalue weighted by Crippen LogP contribution is -2.33. The molecule has 5 nitrogen and oxygen atoms in total. The topological polar surface area (TPSA) is 61.9 Å². The van der Waals surface area contributed by atoms with Crippen molar-refractivity contribution in [1.82, 2.24) is 9.55 Å². The van der Waals surface area contributed by atoms with Crippen molar-refractivity contribution in [2.24, 2.45) is 0 Å². The molecule has 0 N–H and O–H groups in total. The maximum Gasteiger partial charge on any atom is 0.237 e. The summed E-state index contributed by atoms with van der Waals surface area (Å²) in [5.41, 5.74) is 4.95. The number of para-hydroxylation sites is 2. The molecule has 1 amide bonds. The van der Waals surface area contributed by atoms with Gasteiger partial charge in [-0.15, -0.1) is 6.58 Å². The average Bonchev–Trinajstić information content (AvgIpc) is 3.04. The van der Waals surface area contributed by atoms with Crippen LogP contribution in [0.5, 0.6) is 0 Å². The number of fused-ring (bicyclic) bond motifs is 1. The molecule has 2 aromatic carbocycles. The van der Waals surface area contributed by atoms with Gasteiger partial charge in [-0.05, 0) is 49.2 Å². The molecule has 0 unspecified atom stereocenters. The van der Waals surface area contributed by atoms with Crippen LogP contribution in [0.1, 0.15) is 17.5 Å². The van der Waals surface area contributed by atoms with E-state index in [1.54, 1.807) is 4.90 Å². The van der Waals surface area contributed by atoms with Crippen LogP contribution in [0.3, 0.4) is 0 Å². The molecule has 1 heterocycles. The summed E-state index contributed by atoms with van der Waals surface area (Å²) < 4.78 is 2.07. The number of aryl methyl sites for hydroxylation is 2. The number of nitriles is 1. The molecule has 0 bridgehead atoms. The zero-order valence-corrected chi connectivity index (χ0v) is 17.6. The fourth-order valence-corrected chi connectivity index (χ4v) is 4.24. The van der Waals surface area contributed by atoms with E-state index in [1.165, 1.54) is 11.8 Å². The van der Waals surface area contributed by atoms with Crippen LogP contribution in [0.25, 0.3) is 11.0 Å². The molecule has 0 aliphatic rings. The standard InChI is InChI=1S/C23H24N4OS/c1-4-11-27-21-9-6-5-8-20(21)25-23(27)29-16-22(28)26(12-7-10-24)19-14-17(2)13-18(3)15-19/h4-6,8-9,13-15H,1,7,11-12,16H2,2-3H3. The number of rotatable bonds is 8. The summed E-state index contributed by atoms with van der Waals surface area (Å²) in [6, 6.07) is 16.1. The molecule has 1 aromatic heterocycles. The van der Waals surface area contributed by atoms with E-state index in [9.17, 15) is 4.79 Å². The van der Waals surface area contributed by atoms with E-state index in [4.69, 9.17) is 5.26 Å². The number of carbonyl (C=O) groups excluding carboxylic acids is 1. The molecule has 0 radical (unpaired) electrons. The Morgan fingerprint density at radius 1 is 1.28 bits per heavy atom. The van der Waals surface area contributed by atoms with Gasteiger partial charge in [-0.2, -0.15) is 5.26 Å². The van der Waals surface area contributed by atoms with Gasteiger partial charge in [0.05, 0.1) is 29.3 Å². The van der Waals surface area contributed by atoms with Crippen LogP contribution in [0.4, 0.5) is 5.69 Å². The number of aromatic nitrogens is 2. The number of amides is 1. The molecule has 3 rings (SSSR count). The van der Waals surface area contributed by atoms with E-state index in [0.29, 0.717) is 19.5 Å². The number of hydrogen-bond donors (Lipinski definition) is 0.